The van der Waals surface area contributed by atoms with E-state index in [4.69, 9.17) is 14.3 Å². The van der Waals surface area contributed by atoms with Crippen LogP contribution in [0.15, 0.2) is 9.52 Å². The van der Waals surface area contributed by atoms with Crippen LogP contribution < -0.4 is 10.6 Å². The van der Waals surface area contributed by atoms with Crippen molar-refractivity contribution in [2.24, 2.45) is 10.9 Å². The topological polar surface area (TPSA) is 74.9 Å². The van der Waals surface area contributed by atoms with Gasteiger partial charge in [0.2, 0.25) is 0 Å². The molecular weight excluding hydrogens is 481 g/mol. The zero-order valence-electron chi connectivity index (χ0n) is 18.8. The first-order valence-electron chi connectivity index (χ1n) is 10.9. The number of aryl methyl sites for hydroxylation is 2. The van der Waals surface area contributed by atoms with Crippen molar-refractivity contribution >= 4 is 29.9 Å². The molecule has 2 N–H and O–H groups in total. The first kappa shape index (κ1) is 26.2. The summed E-state index contributed by atoms with van der Waals surface area (Å²) in [4.78, 5) is 7.37. The molecule has 1 aromatic rings. The normalized spacial score (nSPS) is 16.6. The van der Waals surface area contributed by atoms with E-state index >= 15 is 0 Å². The molecule has 1 atom stereocenters. The fourth-order valence-electron chi connectivity index (χ4n) is 3.68. The number of hydrogen-bond acceptors (Lipinski definition) is 5. The van der Waals surface area contributed by atoms with Gasteiger partial charge in [-0.05, 0) is 25.7 Å². The van der Waals surface area contributed by atoms with Gasteiger partial charge in [-0.3, -0.25) is 4.90 Å². The van der Waals surface area contributed by atoms with Crippen molar-refractivity contribution in [2.45, 2.75) is 66.5 Å². The minimum atomic E-state index is 0. The van der Waals surface area contributed by atoms with Crippen LogP contribution in [0.25, 0.3) is 0 Å². The van der Waals surface area contributed by atoms with Crippen molar-refractivity contribution in [1.82, 2.24) is 20.7 Å². The predicted octanol–water partition coefficient (Wildman–Crippen LogP) is 3.22. The lowest BCUT2D eigenvalue weighted by Crippen LogP contribution is -2.51. The first-order chi connectivity index (χ1) is 13.6. The van der Waals surface area contributed by atoms with Crippen molar-refractivity contribution < 1.29 is 9.26 Å². The van der Waals surface area contributed by atoms with Crippen LogP contribution >= 0.6 is 24.0 Å². The van der Waals surface area contributed by atoms with Gasteiger partial charge in [-0.2, -0.15) is 0 Å². The van der Waals surface area contributed by atoms with Crippen LogP contribution in [0.4, 0.5) is 0 Å². The molecule has 7 nitrogen and oxygen atoms in total. The van der Waals surface area contributed by atoms with Crippen molar-refractivity contribution in [1.29, 1.82) is 0 Å². The molecular formula is C21H40IN5O2. The molecule has 0 bridgehead atoms. The molecule has 2 heterocycles. The van der Waals surface area contributed by atoms with E-state index in [0.29, 0.717) is 18.5 Å². The summed E-state index contributed by atoms with van der Waals surface area (Å²) in [6, 6.07) is 0.487. The van der Waals surface area contributed by atoms with Crippen molar-refractivity contribution in [3.05, 3.63) is 17.0 Å². The van der Waals surface area contributed by atoms with Gasteiger partial charge in [0.05, 0.1) is 25.5 Å². The Balaban J connectivity index is 0.00000420. The zero-order chi connectivity index (χ0) is 20.4. The number of aromatic nitrogens is 1. The standard InChI is InChI=1S/C21H39N5O2.HI/c1-6-19-18(20(7-2)28-25-19)15-24-21(22-8-3)23-14-17(13-16(4)5)26-9-11-27-12-10-26;/h16-17H,6-15H2,1-5H3,(H2,22,23,24);1H. The molecule has 29 heavy (non-hydrogen) atoms. The predicted molar refractivity (Wildman–Crippen MR) is 129 cm³/mol. The lowest BCUT2D eigenvalue weighted by molar-refractivity contribution is 0.0132. The molecule has 0 saturated carbocycles. The maximum absolute atomic E-state index is 5.53. The Bertz CT molecular complexity index is 578. The molecule has 1 fully saturated rings. The molecule has 0 aliphatic carbocycles. The summed E-state index contributed by atoms with van der Waals surface area (Å²) >= 11 is 0. The minimum absolute atomic E-state index is 0. The summed E-state index contributed by atoms with van der Waals surface area (Å²) in [6.07, 6.45) is 2.87. The molecule has 0 aromatic carbocycles. The summed E-state index contributed by atoms with van der Waals surface area (Å²) < 4.78 is 11.0. The van der Waals surface area contributed by atoms with Crippen LogP contribution in [0.3, 0.4) is 0 Å². The van der Waals surface area contributed by atoms with Gasteiger partial charge in [0.25, 0.3) is 0 Å². The van der Waals surface area contributed by atoms with E-state index in [2.05, 4.69) is 55.3 Å². The number of guanidine groups is 1. The molecule has 0 radical (unpaired) electrons. The monoisotopic (exact) mass is 521 g/mol. The smallest absolute Gasteiger partial charge is 0.191 e. The number of ether oxygens (including phenoxy) is 1. The van der Waals surface area contributed by atoms with Gasteiger partial charge in [0.1, 0.15) is 5.76 Å². The van der Waals surface area contributed by atoms with Crippen LogP contribution in [0.1, 0.15) is 58.1 Å². The van der Waals surface area contributed by atoms with Crippen LogP contribution in [-0.2, 0) is 24.1 Å². The Labute approximate surface area is 193 Å². The van der Waals surface area contributed by atoms with Crippen molar-refractivity contribution in [2.75, 3.05) is 39.4 Å². The Kier molecular flexibility index (Phi) is 12.8. The second-order valence-electron chi connectivity index (χ2n) is 7.75. The summed E-state index contributed by atoms with van der Waals surface area (Å²) in [7, 11) is 0. The molecule has 1 aliphatic heterocycles. The third-order valence-electron chi connectivity index (χ3n) is 5.16. The largest absolute Gasteiger partial charge is 0.379 e. The average Bonchev–Trinajstić information content (AvgIpc) is 3.11. The van der Waals surface area contributed by atoms with E-state index in [9.17, 15) is 0 Å². The Morgan fingerprint density at radius 1 is 1.14 bits per heavy atom. The van der Waals surface area contributed by atoms with Crippen LogP contribution in [0.5, 0.6) is 0 Å². The second-order valence-corrected chi connectivity index (χ2v) is 7.75. The molecule has 1 unspecified atom stereocenters. The van der Waals surface area contributed by atoms with Gasteiger partial charge in [-0.1, -0.05) is 32.9 Å². The van der Waals surface area contributed by atoms with Gasteiger partial charge >= 0.3 is 0 Å². The van der Waals surface area contributed by atoms with Crippen LogP contribution in [0, 0.1) is 5.92 Å². The van der Waals surface area contributed by atoms with Crippen molar-refractivity contribution in [3.8, 4) is 0 Å². The fraction of sp³-hybridized carbons (Fsp3) is 0.810. The number of rotatable bonds is 10. The highest BCUT2D eigenvalue weighted by Gasteiger charge is 2.22. The summed E-state index contributed by atoms with van der Waals surface area (Å²) in [5.41, 5.74) is 2.15. The highest BCUT2D eigenvalue weighted by molar-refractivity contribution is 14.0. The quantitative estimate of drug-likeness (QED) is 0.280. The maximum atomic E-state index is 5.53. The summed E-state index contributed by atoms with van der Waals surface area (Å²) in [6.45, 7) is 16.9. The molecule has 2 rings (SSSR count). The van der Waals surface area contributed by atoms with Gasteiger partial charge in [0.15, 0.2) is 5.96 Å². The molecule has 168 valence electrons. The SMILES string of the molecule is CCNC(=NCc1c(CC)noc1CC)NCC(CC(C)C)N1CCOCC1.I. The molecule has 1 saturated heterocycles. The van der Waals surface area contributed by atoms with E-state index in [0.717, 1.165) is 81.6 Å². The highest BCUT2D eigenvalue weighted by Crippen LogP contribution is 2.17. The lowest BCUT2D eigenvalue weighted by Gasteiger charge is -2.35. The Morgan fingerprint density at radius 3 is 2.45 bits per heavy atom. The summed E-state index contributed by atoms with van der Waals surface area (Å²) in [5.74, 6) is 2.46. The fourth-order valence-corrected chi connectivity index (χ4v) is 3.68. The number of aliphatic imine (C=N–C) groups is 1. The van der Waals surface area contributed by atoms with Crippen LogP contribution in [-0.4, -0.2) is 61.5 Å². The molecule has 0 spiro atoms. The molecule has 1 aromatic heterocycles. The number of nitrogens with zero attached hydrogens (tertiary/aromatic N) is 3. The Morgan fingerprint density at radius 2 is 1.86 bits per heavy atom. The van der Waals surface area contributed by atoms with Gasteiger partial charge in [0, 0.05) is 44.2 Å². The van der Waals surface area contributed by atoms with Gasteiger partial charge in [-0.15, -0.1) is 24.0 Å². The van der Waals surface area contributed by atoms with Crippen LogP contribution in [0.2, 0.25) is 0 Å². The summed E-state index contributed by atoms with van der Waals surface area (Å²) in [5, 5.41) is 11.1. The van der Waals surface area contributed by atoms with E-state index in [1.54, 1.807) is 0 Å². The zero-order valence-corrected chi connectivity index (χ0v) is 21.1. The molecule has 0 amide bonds. The van der Waals surface area contributed by atoms with E-state index in [1.165, 1.54) is 0 Å². The average molecular weight is 521 g/mol. The van der Waals surface area contributed by atoms with E-state index in [1.807, 2.05) is 0 Å². The van der Waals surface area contributed by atoms with Gasteiger partial charge < -0.3 is 19.9 Å². The first-order valence-corrected chi connectivity index (χ1v) is 10.9. The minimum Gasteiger partial charge on any atom is -0.379 e. The van der Waals surface area contributed by atoms with Crippen molar-refractivity contribution in [3.63, 3.8) is 0 Å². The third-order valence-corrected chi connectivity index (χ3v) is 5.16. The Hall–Kier alpha value is -0.870. The van der Waals surface area contributed by atoms with Gasteiger partial charge in [-0.25, -0.2) is 4.99 Å². The maximum Gasteiger partial charge on any atom is 0.191 e. The number of morpholine rings is 1. The highest BCUT2D eigenvalue weighted by atomic mass is 127. The van der Waals surface area contributed by atoms with E-state index in [-0.39, 0.29) is 24.0 Å². The number of halogens is 1. The number of hydrogen-bond donors (Lipinski definition) is 2. The third kappa shape index (κ3) is 8.41. The molecule has 8 heteroatoms. The number of nitrogens with one attached hydrogen (secondary N) is 2. The van der Waals surface area contributed by atoms with E-state index < -0.39 is 0 Å². The lowest BCUT2D eigenvalue weighted by atomic mass is 10.0. The second kappa shape index (κ2) is 14.2. The molecule has 1 aliphatic rings.